The molecule has 1 unspecified atom stereocenters. The molecule has 2 rings (SSSR count). The largest absolute Gasteiger partial charge is 0.388 e. The number of nitrogens with zero attached hydrogens (tertiary/aromatic N) is 3. The van der Waals surface area contributed by atoms with Crippen molar-refractivity contribution in [1.29, 1.82) is 0 Å². The highest BCUT2D eigenvalue weighted by molar-refractivity contribution is 5.79. The van der Waals surface area contributed by atoms with Crippen molar-refractivity contribution < 1.29 is 10.2 Å². The van der Waals surface area contributed by atoms with Crippen LogP contribution in [-0.4, -0.2) is 51.7 Å². The molecule has 1 heterocycles. The van der Waals surface area contributed by atoms with E-state index in [2.05, 4.69) is 20.7 Å². The van der Waals surface area contributed by atoms with Crippen LogP contribution in [0.2, 0.25) is 0 Å². The summed E-state index contributed by atoms with van der Waals surface area (Å²) in [7, 11) is 3.48. The summed E-state index contributed by atoms with van der Waals surface area (Å²) in [6.07, 6.45) is 6.15. The molecule has 1 aliphatic carbocycles. The Morgan fingerprint density at radius 2 is 2.24 bits per heavy atom. The lowest BCUT2D eigenvalue weighted by Crippen LogP contribution is -2.52. The summed E-state index contributed by atoms with van der Waals surface area (Å²) in [5, 5.41) is 30.8. The molecule has 0 bridgehead atoms. The van der Waals surface area contributed by atoms with E-state index in [1.165, 1.54) is 0 Å². The fourth-order valence-corrected chi connectivity index (χ4v) is 2.29. The molecule has 7 heteroatoms. The maximum absolute atomic E-state index is 10.5. The van der Waals surface area contributed by atoms with Crippen molar-refractivity contribution in [3.05, 3.63) is 18.0 Å². The number of aliphatic hydroxyl groups is 2. The van der Waals surface area contributed by atoms with Crippen molar-refractivity contribution in [2.24, 2.45) is 12.0 Å². The number of aryl methyl sites for hydroxylation is 1. The van der Waals surface area contributed by atoms with Gasteiger partial charge in [0.1, 0.15) is 5.60 Å². The van der Waals surface area contributed by atoms with Crippen LogP contribution in [-0.2, 0) is 12.6 Å². The van der Waals surface area contributed by atoms with Crippen LogP contribution >= 0.6 is 0 Å². The maximum Gasteiger partial charge on any atom is 0.191 e. The number of guanidine groups is 1. The number of nitrogens with one attached hydrogen (secondary N) is 2. The van der Waals surface area contributed by atoms with Crippen LogP contribution in [0.4, 0.5) is 0 Å². The van der Waals surface area contributed by atoms with E-state index < -0.39 is 11.2 Å². The molecule has 21 heavy (non-hydrogen) atoms. The van der Waals surface area contributed by atoms with Gasteiger partial charge < -0.3 is 20.8 Å². The Morgan fingerprint density at radius 1 is 1.52 bits per heavy atom. The molecular weight excluding hydrogens is 270 g/mol. The lowest BCUT2D eigenvalue weighted by Gasteiger charge is -2.37. The van der Waals surface area contributed by atoms with Gasteiger partial charge in [0.15, 0.2) is 5.96 Å². The molecule has 1 aliphatic rings. The first-order valence-electron chi connectivity index (χ1n) is 7.23. The van der Waals surface area contributed by atoms with E-state index in [1.54, 1.807) is 31.0 Å². The maximum atomic E-state index is 10.5. The first-order chi connectivity index (χ1) is 9.85. The van der Waals surface area contributed by atoms with Crippen molar-refractivity contribution in [2.75, 3.05) is 20.1 Å². The van der Waals surface area contributed by atoms with Gasteiger partial charge in [-0.1, -0.05) is 0 Å². The van der Waals surface area contributed by atoms with Gasteiger partial charge in [-0.25, -0.2) is 0 Å². The summed E-state index contributed by atoms with van der Waals surface area (Å²) in [6.45, 7) is 2.50. The molecule has 0 saturated heterocycles. The van der Waals surface area contributed by atoms with Gasteiger partial charge in [-0.15, -0.1) is 0 Å². The molecule has 118 valence electrons. The molecule has 7 nitrogen and oxygen atoms in total. The molecule has 0 radical (unpaired) electrons. The summed E-state index contributed by atoms with van der Waals surface area (Å²) < 4.78 is 1.66. The van der Waals surface area contributed by atoms with E-state index in [-0.39, 0.29) is 0 Å². The summed E-state index contributed by atoms with van der Waals surface area (Å²) in [4.78, 5) is 4.10. The van der Waals surface area contributed by atoms with Gasteiger partial charge in [0.05, 0.1) is 18.3 Å². The molecule has 0 amide bonds. The first-order valence-corrected chi connectivity index (χ1v) is 7.23. The van der Waals surface area contributed by atoms with Gasteiger partial charge in [-0.05, 0) is 26.2 Å². The molecule has 0 spiro atoms. The van der Waals surface area contributed by atoms with Crippen LogP contribution in [0.3, 0.4) is 0 Å². The SMILES string of the molecule is CN=C(NCC1(O)CCC1)NCC(C)(O)c1cnn(C)c1. The zero-order valence-electron chi connectivity index (χ0n) is 12.9. The minimum atomic E-state index is -1.04. The van der Waals surface area contributed by atoms with Gasteiger partial charge in [-0.3, -0.25) is 9.67 Å². The standard InChI is InChI=1S/C14H25N5O2/c1-13(20,11-7-18-19(3)8-11)9-16-12(15-2)17-10-14(21)5-4-6-14/h7-8,20-21H,4-6,9-10H2,1-3H3,(H2,15,16,17). The zero-order valence-corrected chi connectivity index (χ0v) is 12.9. The highest BCUT2D eigenvalue weighted by Crippen LogP contribution is 2.30. The molecule has 4 N–H and O–H groups in total. The summed E-state index contributed by atoms with van der Waals surface area (Å²) in [5.74, 6) is 0.569. The fraction of sp³-hybridized carbons (Fsp3) is 0.714. The normalized spacial score (nSPS) is 20.5. The van der Waals surface area contributed by atoms with Gasteiger partial charge in [0, 0.05) is 32.4 Å². The van der Waals surface area contributed by atoms with Crippen LogP contribution in [0.1, 0.15) is 31.7 Å². The van der Waals surface area contributed by atoms with E-state index in [9.17, 15) is 10.2 Å². The molecule has 1 saturated carbocycles. The second-order valence-electron chi connectivity index (χ2n) is 6.03. The topological polar surface area (TPSA) is 94.7 Å². The van der Waals surface area contributed by atoms with Crippen LogP contribution in [0.25, 0.3) is 0 Å². The number of aromatic nitrogens is 2. The van der Waals surface area contributed by atoms with Gasteiger partial charge in [-0.2, -0.15) is 5.10 Å². The Bertz CT molecular complexity index is 505. The average Bonchev–Trinajstić information content (AvgIpc) is 2.84. The zero-order chi connectivity index (χ0) is 15.5. The van der Waals surface area contributed by atoms with E-state index >= 15 is 0 Å². The van der Waals surface area contributed by atoms with Crippen molar-refractivity contribution >= 4 is 5.96 Å². The molecule has 0 aliphatic heterocycles. The van der Waals surface area contributed by atoms with Crippen molar-refractivity contribution in [2.45, 2.75) is 37.4 Å². The quantitative estimate of drug-likeness (QED) is 0.442. The lowest BCUT2D eigenvalue weighted by atomic mass is 9.80. The summed E-state index contributed by atoms with van der Waals surface area (Å²) in [5.41, 5.74) is -0.909. The predicted octanol–water partition coefficient (Wildman–Crippen LogP) is -0.292. The molecule has 1 atom stereocenters. The Kier molecular flexibility index (Phi) is 4.53. The monoisotopic (exact) mass is 295 g/mol. The Morgan fingerprint density at radius 3 is 2.71 bits per heavy atom. The summed E-state index contributed by atoms with van der Waals surface area (Å²) in [6, 6.07) is 0. The molecule has 1 fully saturated rings. The average molecular weight is 295 g/mol. The third-order valence-electron chi connectivity index (χ3n) is 4.02. The number of hydrogen-bond donors (Lipinski definition) is 4. The second-order valence-corrected chi connectivity index (χ2v) is 6.03. The third kappa shape index (κ3) is 3.95. The Balaban J connectivity index is 1.84. The van der Waals surface area contributed by atoms with Crippen LogP contribution in [0.5, 0.6) is 0 Å². The Hall–Kier alpha value is -1.60. The number of hydrogen-bond acceptors (Lipinski definition) is 4. The van der Waals surface area contributed by atoms with Gasteiger partial charge >= 0.3 is 0 Å². The minimum Gasteiger partial charge on any atom is -0.388 e. The van der Waals surface area contributed by atoms with Crippen LogP contribution < -0.4 is 10.6 Å². The molecular formula is C14H25N5O2. The predicted molar refractivity (Wildman–Crippen MR) is 80.9 cm³/mol. The highest BCUT2D eigenvalue weighted by Gasteiger charge is 2.34. The first kappa shape index (κ1) is 15.8. The summed E-state index contributed by atoms with van der Waals surface area (Å²) >= 11 is 0. The van der Waals surface area contributed by atoms with Crippen molar-refractivity contribution in [3.8, 4) is 0 Å². The number of rotatable bonds is 5. The Labute approximate surface area is 125 Å². The molecule has 0 aromatic carbocycles. The van der Waals surface area contributed by atoms with Crippen molar-refractivity contribution in [3.63, 3.8) is 0 Å². The van der Waals surface area contributed by atoms with Gasteiger partial charge in [0.2, 0.25) is 0 Å². The van der Waals surface area contributed by atoms with Crippen LogP contribution in [0, 0.1) is 0 Å². The van der Waals surface area contributed by atoms with E-state index in [1.807, 2.05) is 7.05 Å². The number of aliphatic imine (C=N–C) groups is 1. The van der Waals surface area contributed by atoms with Crippen molar-refractivity contribution in [1.82, 2.24) is 20.4 Å². The van der Waals surface area contributed by atoms with Gasteiger partial charge in [0.25, 0.3) is 0 Å². The van der Waals surface area contributed by atoms with Crippen LogP contribution in [0.15, 0.2) is 17.4 Å². The van der Waals surface area contributed by atoms with E-state index in [0.717, 1.165) is 24.8 Å². The lowest BCUT2D eigenvalue weighted by molar-refractivity contribution is -0.0279. The third-order valence-corrected chi connectivity index (χ3v) is 4.02. The highest BCUT2D eigenvalue weighted by atomic mass is 16.3. The van der Waals surface area contributed by atoms with E-state index in [0.29, 0.717) is 19.0 Å². The second kappa shape index (κ2) is 6.03. The minimum absolute atomic E-state index is 0.302. The molecule has 1 aromatic rings. The smallest absolute Gasteiger partial charge is 0.191 e. The molecule has 1 aromatic heterocycles. The van der Waals surface area contributed by atoms with E-state index in [4.69, 9.17) is 0 Å². The fourth-order valence-electron chi connectivity index (χ4n) is 2.29.